The van der Waals surface area contributed by atoms with Crippen LogP contribution in [0.3, 0.4) is 0 Å². The monoisotopic (exact) mass is 619 g/mol. The molecular weight excluding hydrogens is 584 g/mol. The zero-order valence-electron chi connectivity index (χ0n) is 22.8. The summed E-state index contributed by atoms with van der Waals surface area (Å²) in [7, 11) is -4.25. The number of aromatic amines is 1. The highest BCUT2D eigenvalue weighted by atomic mass is 31.2. The van der Waals surface area contributed by atoms with Gasteiger partial charge in [0.1, 0.15) is 30.2 Å². The molecule has 0 saturated carbocycles. The van der Waals surface area contributed by atoms with Crippen molar-refractivity contribution in [2.24, 2.45) is 0 Å². The molecule has 232 valence electrons. The first-order valence-electron chi connectivity index (χ1n) is 13.4. The molecule has 3 heterocycles. The molecule has 43 heavy (non-hydrogen) atoms. The minimum absolute atomic E-state index is 0. The van der Waals surface area contributed by atoms with Crippen molar-refractivity contribution in [1.82, 2.24) is 14.2 Å². The van der Waals surface area contributed by atoms with Gasteiger partial charge in [-0.05, 0) is 37.5 Å². The summed E-state index contributed by atoms with van der Waals surface area (Å²) in [4.78, 5) is 38.8. The maximum absolute atomic E-state index is 14.4. The van der Waals surface area contributed by atoms with Gasteiger partial charge in [0.2, 0.25) is 5.82 Å². The number of carbonyl (C=O) groups is 1. The third-order valence-electron chi connectivity index (χ3n) is 7.23. The second-order valence-electron chi connectivity index (χ2n) is 10.3. The highest BCUT2D eigenvalue weighted by Gasteiger charge is 2.50. The minimum Gasteiger partial charge on any atom is -0.460 e. The van der Waals surface area contributed by atoms with E-state index in [1.165, 1.54) is 11.6 Å². The first kappa shape index (κ1) is 32.3. The summed E-state index contributed by atoms with van der Waals surface area (Å²) in [6.07, 6.45) is -0.897. The van der Waals surface area contributed by atoms with E-state index in [2.05, 4.69) is 0 Å². The fourth-order valence-corrected chi connectivity index (χ4v) is 7.08. The normalized spacial score (nSPS) is 25.0. The average Bonchev–Trinajstić information content (AvgIpc) is 3.59. The molecule has 0 radical (unpaired) electrons. The zero-order valence-corrected chi connectivity index (χ0v) is 23.7. The van der Waals surface area contributed by atoms with Gasteiger partial charge in [0, 0.05) is 13.0 Å². The Balaban J connectivity index is 0.00000423. The Morgan fingerprint density at radius 2 is 1.84 bits per heavy atom. The van der Waals surface area contributed by atoms with E-state index in [1.54, 1.807) is 30.3 Å². The molecule has 14 heteroatoms. The predicted octanol–water partition coefficient (Wildman–Crippen LogP) is 3.55. The highest BCUT2D eigenvalue weighted by molar-refractivity contribution is 7.51. The molecule has 5 rings (SSSR count). The van der Waals surface area contributed by atoms with Crippen molar-refractivity contribution in [3.8, 4) is 5.75 Å². The number of aromatic nitrogens is 2. The number of esters is 1. The molecule has 1 aromatic heterocycles. The van der Waals surface area contributed by atoms with Crippen molar-refractivity contribution in [3.05, 3.63) is 99.1 Å². The summed E-state index contributed by atoms with van der Waals surface area (Å²) in [6, 6.07) is 16.5. The maximum atomic E-state index is 14.4. The Labute approximate surface area is 247 Å². The number of nitrogens with one attached hydrogen (secondary N) is 1. The van der Waals surface area contributed by atoms with Crippen LogP contribution in [0.2, 0.25) is 0 Å². The number of halogens is 1. The molecule has 0 spiro atoms. The molecular formula is C29H35FN3O9P. The van der Waals surface area contributed by atoms with Gasteiger partial charge in [-0.15, -0.1) is 0 Å². The summed E-state index contributed by atoms with van der Waals surface area (Å²) < 4.78 is 53.7. The summed E-state index contributed by atoms with van der Waals surface area (Å²) in [5, 5.41) is 10.8. The van der Waals surface area contributed by atoms with E-state index >= 15 is 0 Å². The molecule has 2 saturated heterocycles. The van der Waals surface area contributed by atoms with Crippen LogP contribution < -0.4 is 15.8 Å². The van der Waals surface area contributed by atoms with Crippen LogP contribution >= 0.6 is 7.75 Å². The fraction of sp³-hybridized carbons (Fsp3) is 0.414. The largest absolute Gasteiger partial charge is 0.462 e. The van der Waals surface area contributed by atoms with E-state index in [9.17, 15) is 28.4 Å². The van der Waals surface area contributed by atoms with Gasteiger partial charge < -0.3 is 19.1 Å². The second-order valence-corrected chi connectivity index (χ2v) is 12.2. The van der Waals surface area contributed by atoms with Crippen molar-refractivity contribution in [3.63, 3.8) is 0 Å². The lowest BCUT2D eigenvalue weighted by atomic mass is 10.1. The Bertz CT molecular complexity index is 1570. The number of aliphatic hydroxyl groups is 1. The number of hydrogen-bond acceptors (Lipinski definition) is 9. The molecule has 2 N–H and O–H groups in total. The fourth-order valence-electron chi connectivity index (χ4n) is 5.12. The predicted molar refractivity (Wildman–Crippen MR) is 154 cm³/mol. The molecule has 2 fully saturated rings. The zero-order chi connectivity index (χ0) is 29.9. The summed E-state index contributed by atoms with van der Waals surface area (Å²) >= 11 is 0. The quantitative estimate of drug-likeness (QED) is 0.255. The first-order valence-corrected chi connectivity index (χ1v) is 14.9. The molecule has 5 atom stereocenters. The van der Waals surface area contributed by atoms with E-state index in [0.717, 1.165) is 10.1 Å². The van der Waals surface area contributed by atoms with Crippen molar-refractivity contribution in [1.29, 1.82) is 0 Å². The van der Waals surface area contributed by atoms with Crippen LogP contribution in [-0.2, 0) is 35.7 Å². The molecule has 3 unspecified atom stereocenters. The molecule has 0 amide bonds. The van der Waals surface area contributed by atoms with Crippen LogP contribution in [0.25, 0.3) is 0 Å². The Hall–Kier alpha value is -3.61. The number of hydrogen-bond donors (Lipinski definition) is 2. The third-order valence-corrected chi connectivity index (χ3v) is 9.26. The number of benzene rings is 2. The molecule has 3 aromatic rings. The molecule has 12 nitrogen and oxygen atoms in total. The van der Waals surface area contributed by atoms with E-state index in [1.807, 2.05) is 35.3 Å². The summed E-state index contributed by atoms with van der Waals surface area (Å²) in [6.45, 7) is 1.24. The molecule has 0 bridgehead atoms. The van der Waals surface area contributed by atoms with Crippen molar-refractivity contribution in [2.75, 3.05) is 13.2 Å². The number of carbonyl (C=O) groups excluding carboxylic acids is 1. The smallest absolute Gasteiger partial charge is 0.460 e. The van der Waals surface area contributed by atoms with Gasteiger partial charge in [-0.3, -0.25) is 23.7 Å². The van der Waals surface area contributed by atoms with E-state index < -0.39 is 61.4 Å². The number of H-pyrrole nitrogens is 1. The second kappa shape index (κ2) is 13.4. The Morgan fingerprint density at radius 3 is 2.53 bits per heavy atom. The van der Waals surface area contributed by atoms with Gasteiger partial charge in [-0.2, -0.15) is 9.06 Å². The lowest BCUT2D eigenvalue weighted by Gasteiger charge is -2.31. The molecule has 2 aromatic carbocycles. The first-order chi connectivity index (χ1) is 20.1. The molecule has 2 aliphatic rings. The standard InChI is InChI=1S/C28H31FN3O9P.CH4/c1-28(31-16-21(29)25(34)30-27(31)36)15-23(33)24(40-28)18-39-42(37,41-20-11-6-3-7-12-20)32-14-8-13-22(32)26(35)38-17-19-9-4-2-5-10-19;/h2-7,9-12,16,22-24,33H,8,13-15,17-18H2,1H3,(H,30,34,36);1H4/t22?,23?,24-,28-,42?;/m1./s1. The van der Waals surface area contributed by atoms with Gasteiger partial charge in [0.05, 0.1) is 18.9 Å². The van der Waals surface area contributed by atoms with Crippen LogP contribution in [-0.4, -0.2) is 56.7 Å². The van der Waals surface area contributed by atoms with Gasteiger partial charge in [-0.25, -0.2) is 9.36 Å². The summed E-state index contributed by atoms with van der Waals surface area (Å²) in [5.41, 5.74) is -2.85. The topological polar surface area (TPSA) is 149 Å². The van der Waals surface area contributed by atoms with E-state index in [-0.39, 0.29) is 32.7 Å². The number of rotatable bonds is 10. The van der Waals surface area contributed by atoms with Crippen LogP contribution in [0.15, 0.2) is 76.4 Å². The number of aliphatic hydroxyl groups excluding tert-OH is 1. The van der Waals surface area contributed by atoms with E-state index in [0.29, 0.717) is 19.0 Å². The van der Waals surface area contributed by atoms with Gasteiger partial charge >= 0.3 is 19.4 Å². The van der Waals surface area contributed by atoms with Crippen molar-refractivity contribution < 1.29 is 37.4 Å². The lowest BCUT2D eigenvalue weighted by molar-refractivity contribution is -0.149. The third kappa shape index (κ3) is 7.14. The minimum atomic E-state index is -4.25. The average molecular weight is 620 g/mol. The Kier molecular flexibility index (Phi) is 10.0. The Morgan fingerprint density at radius 1 is 1.16 bits per heavy atom. The van der Waals surface area contributed by atoms with Gasteiger partial charge in [0.25, 0.3) is 5.56 Å². The highest BCUT2D eigenvalue weighted by Crippen LogP contribution is 2.56. The van der Waals surface area contributed by atoms with Crippen LogP contribution in [0.1, 0.15) is 39.2 Å². The lowest BCUT2D eigenvalue weighted by Crippen LogP contribution is -2.43. The maximum Gasteiger partial charge on any atom is 0.462 e. The number of nitrogens with zero attached hydrogens (tertiary/aromatic N) is 2. The van der Waals surface area contributed by atoms with Crippen LogP contribution in [0.4, 0.5) is 4.39 Å². The number of ether oxygens (including phenoxy) is 2. The molecule has 2 aliphatic heterocycles. The van der Waals surface area contributed by atoms with Crippen LogP contribution in [0.5, 0.6) is 5.75 Å². The SMILES string of the molecule is C.C[C@]1(n2cc(F)c(=O)[nH]c2=O)CC(O)[C@@H](COP(=O)(Oc2ccccc2)N2CCCC2C(=O)OCc2ccccc2)O1. The van der Waals surface area contributed by atoms with Crippen LogP contribution in [0, 0.1) is 5.82 Å². The van der Waals surface area contributed by atoms with Gasteiger partial charge in [0.15, 0.2) is 0 Å². The van der Waals surface area contributed by atoms with Crippen molar-refractivity contribution >= 4 is 13.7 Å². The summed E-state index contributed by atoms with van der Waals surface area (Å²) in [5.74, 6) is -1.55. The van der Waals surface area contributed by atoms with Crippen molar-refractivity contribution in [2.45, 2.75) is 64.2 Å². The number of para-hydroxylation sites is 1. The van der Waals surface area contributed by atoms with E-state index in [4.69, 9.17) is 18.5 Å². The van der Waals surface area contributed by atoms with Gasteiger partial charge in [-0.1, -0.05) is 56.0 Å². The molecule has 0 aliphatic carbocycles.